The summed E-state index contributed by atoms with van der Waals surface area (Å²) in [6, 6.07) is 8.36. The summed E-state index contributed by atoms with van der Waals surface area (Å²) in [5.74, 6) is 0.971. The number of fused-ring (bicyclic) bond motifs is 3. The van der Waals surface area contributed by atoms with E-state index in [2.05, 4.69) is 88.2 Å². The third-order valence-electron chi connectivity index (χ3n) is 5.35. The van der Waals surface area contributed by atoms with Crippen molar-refractivity contribution in [3.8, 4) is 0 Å². The fourth-order valence-corrected chi connectivity index (χ4v) is 3.56. The van der Waals surface area contributed by atoms with Crippen LogP contribution in [0.2, 0.25) is 0 Å². The van der Waals surface area contributed by atoms with Gasteiger partial charge in [-0.15, -0.1) is 0 Å². The van der Waals surface area contributed by atoms with E-state index in [9.17, 15) is 5.11 Å². The molecule has 0 fully saturated rings. The number of hydrogen-bond donors (Lipinski definition) is 1. The zero-order chi connectivity index (χ0) is 17.2. The lowest BCUT2D eigenvalue weighted by Crippen LogP contribution is -2.52. The molecule has 1 aliphatic heterocycles. The molecule has 1 atom stereocenters. The van der Waals surface area contributed by atoms with E-state index in [0.717, 1.165) is 16.9 Å². The minimum Gasteiger partial charge on any atom is -0.377 e. The molecule has 0 amide bonds. The van der Waals surface area contributed by atoms with Crippen molar-refractivity contribution in [3.05, 3.63) is 35.7 Å². The van der Waals surface area contributed by atoms with Crippen molar-refractivity contribution in [2.24, 2.45) is 17.9 Å². The summed E-state index contributed by atoms with van der Waals surface area (Å²) in [5.41, 5.74) is 2.44. The Balaban J connectivity index is 2.43. The number of aliphatic hydroxyl groups is 1. The summed E-state index contributed by atoms with van der Waals surface area (Å²) < 4.78 is 4.35. The minimum absolute atomic E-state index is 0.0286. The standard InChI is InChI=1S/C20H29N2O/c1-18(2,3)14-12-20(23,19(4,5)6)17-21(7)15-10-8-9-11-16(15)22(17)13-14/h8-11,13,23H,12H2,1-7H3/q+1. The van der Waals surface area contributed by atoms with E-state index in [0.29, 0.717) is 6.42 Å². The highest BCUT2D eigenvalue weighted by Gasteiger charge is 2.54. The van der Waals surface area contributed by atoms with Crippen LogP contribution in [-0.2, 0) is 12.6 Å². The second-order valence-corrected chi connectivity index (χ2v) is 8.93. The maximum atomic E-state index is 11.8. The second-order valence-electron chi connectivity index (χ2n) is 8.93. The Labute approximate surface area is 139 Å². The van der Waals surface area contributed by atoms with Gasteiger partial charge >= 0.3 is 0 Å². The molecule has 23 heavy (non-hydrogen) atoms. The van der Waals surface area contributed by atoms with Gasteiger partial charge in [-0.2, -0.15) is 4.57 Å². The first kappa shape index (κ1) is 16.3. The number of para-hydroxylation sites is 2. The van der Waals surface area contributed by atoms with Crippen LogP contribution in [0.3, 0.4) is 0 Å². The predicted molar refractivity (Wildman–Crippen MR) is 94.8 cm³/mol. The molecule has 0 saturated heterocycles. The fourth-order valence-electron chi connectivity index (χ4n) is 3.56. The lowest BCUT2D eigenvalue weighted by molar-refractivity contribution is -0.663. The summed E-state index contributed by atoms with van der Waals surface area (Å²) in [6.07, 6.45) is 2.90. The Bertz CT molecular complexity index is 799. The van der Waals surface area contributed by atoms with Crippen LogP contribution < -0.4 is 4.57 Å². The van der Waals surface area contributed by atoms with E-state index in [1.54, 1.807) is 0 Å². The zero-order valence-electron chi connectivity index (χ0n) is 15.4. The number of rotatable bonds is 0. The van der Waals surface area contributed by atoms with Crippen molar-refractivity contribution < 1.29 is 9.67 Å². The predicted octanol–water partition coefficient (Wildman–Crippen LogP) is 3.99. The maximum Gasteiger partial charge on any atom is 0.295 e. The number of benzene rings is 1. The normalized spacial score (nSPS) is 22.2. The highest BCUT2D eigenvalue weighted by molar-refractivity contribution is 5.76. The average molecular weight is 313 g/mol. The molecule has 0 bridgehead atoms. The van der Waals surface area contributed by atoms with Crippen LogP contribution >= 0.6 is 0 Å². The molecule has 124 valence electrons. The minimum atomic E-state index is -0.905. The average Bonchev–Trinajstić information content (AvgIpc) is 2.71. The largest absolute Gasteiger partial charge is 0.377 e. The van der Waals surface area contributed by atoms with Gasteiger partial charge in [0.15, 0.2) is 16.6 Å². The Morgan fingerprint density at radius 1 is 1.09 bits per heavy atom. The smallest absolute Gasteiger partial charge is 0.295 e. The first-order chi connectivity index (χ1) is 10.5. The van der Waals surface area contributed by atoms with E-state index in [-0.39, 0.29) is 10.8 Å². The van der Waals surface area contributed by atoms with Crippen LogP contribution in [0, 0.1) is 10.8 Å². The van der Waals surface area contributed by atoms with Crippen molar-refractivity contribution >= 4 is 17.2 Å². The van der Waals surface area contributed by atoms with Gasteiger partial charge in [-0.25, -0.2) is 4.57 Å². The molecule has 0 radical (unpaired) electrons. The molecule has 1 unspecified atom stereocenters. The third-order valence-corrected chi connectivity index (χ3v) is 5.35. The van der Waals surface area contributed by atoms with E-state index in [4.69, 9.17) is 0 Å². The van der Waals surface area contributed by atoms with Crippen LogP contribution in [0.4, 0.5) is 0 Å². The first-order valence-electron chi connectivity index (χ1n) is 8.40. The van der Waals surface area contributed by atoms with Gasteiger partial charge < -0.3 is 5.11 Å². The van der Waals surface area contributed by atoms with Gasteiger partial charge in [0.05, 0.1) is 13.2 Å². The van der Waals surface area contributed by atoms with Gasteiger partial charge in [-0.3, -0.25) is 0 Å². The Morgan fingerprint density at radius 3 is 2.26 bits per heavy atom. The van der Waals surface area contributed by atoms with Crippen LogP contribution in [0.25, 0.3) is 17.2 Å². The van der Waals surface area contributed by atoms with Crippen molar-refractivity contribution in [3.63, 3.8) is 0 Å². The van der Waals surface area contributed by atoms with Crippen LogP contribution in [0.15, 0.2) is 29.8 Å². The fraction of sp³-hybridized carbons (Fsp3) is 0.550. The number of nitrogens with zero attached hydrogens (tertiary/aromatic N) is 2. The molecule has 3 nitrogen and oxygen atoms in total. The van der Waals surface area contributed by atoms with Gasteiger partial charge in [0, 0.05) is 11.8 Å². The highest BCUT2D eigenvalue weighted by atomic mass is 16.3. The quantitative estimate of drug-likeness (QED) is 0.732. The molecule has 1 aliphatic rings. The molecule has 1 aromatic heterocycles. The molecule has 3 heteroatoms. The first-order valence-corrected chi connectivity index (χ1v) is 8.40. The van der Waals surface area contributed by atoms with Crippen LogP contribution in [-0.4, -0.2) is 9.67 Å². The van der Waals surface area contributed by atoms with E-state index in [1.165, 1.54) is 5.57 Å². The highest BCUT2D eigenvalue weighted by Crippen LogP contribution is 2.49. The molecule has 0 aliphatic carbocycles. The summed E-state index contributed by atoms with van der Waals surface area (Å²) in [5, 5.41) is 11.8. The summed E-state index contributed by atoms with van der Waals surface area (Å²) in [4.78, 5) is 0. The summed E-state index contributed by atoms with van der Waals surface area (Å²) in [7, 11) is 2.06. The molecular formula is C20H29N2O+. The maximum absolute atomic E-state index is 11.8. The van der Waals surface area contributed by atoms with Gasteiger partial charge in [0.2, 0.25) is 0 Å². The Morgan fingerprint density at radius 2 is 1.70 bits per heavy atom. The monoisotopic (exact) mass is 313 g/mol. The molecular weight excluding hydrogens is 284 g/mol. The van der Waals surface area contributed by atoms with Gasteiger partial charge in [0.1, 0.15) is 0 Å². The SMILES string of the molecule is C[n+]1c2n(c3ccccc31)C=C(C(C)(C)C)CC2(O)C(C)(C)C. The molecule has 3 rings (SSSR count). The second kappa shape index (κ2) is 4.70. The Hall–Kier alpha value is -1.61. The van der Waals surface area contributed by atoms with E-state index in [1.807, 2.05) is 0 Å². The molecule has 0 spiro atoms. The molecule has 1 aromatic carbocycles. The van der Waals surface area contributed by atoms with Crippen LogP contribution in [0.1, 0.15) is 53.8 Å². The van der Waals surface area contributed by atoms with Crippen molar-refractivity contribution in [2.45, 2.75) is 53.6 Å². The number of aromatic nitrogens is 2. The number of imidazole rings is 1. The summed E-state index contributed by atoms with van der Waals surface area (Å²) >= 11 is 0. The lowest BCUT2D eigenvalue weighted by Gasteiger charge is -2.41. The van der Waals surface area contributed by atoms with Crippen molar-refractivity contribution in [1.29, 1.82) is 0 Å². The van der Waals surface area contributed by atoms with E-state index < -0.39 is 5.60 Å². The summed E-state index contributed by atoms with van der Waals surface area (Å²) in [6.45, 7) is 13.0. The third kappa shape index (κ3) is 2.25. The van der Waals surface area contributed by atoms with Gasteiger partial charge in [0.25, 0.3) is 5.82 Å². The van der Waals surface area contributed by atoms with Crippen molar-refractivity contribution in [2.75, 3.05) is 0 Å². The van der Waals surface area contributed by atoms with Gasteiger partial charge in [-0.05, 0) is 23.1 Å². The Kier molecular flexibility index (Phi) is 3.32. The molecule has 0 saturated carbocycles. The topological polar surface area (TPSA) is 29.0 Å². The number of aryl methyl sites for hydroxylation is 1. The van der Waals surface area contributed by atoms with Crippen molar-refractivity contribution in [1.82, 2.24) is 4.57 Å². The lowest BCUT2D eigenvalue weighted by atomic mass is 9.67. The van der Waals surface area contributed by atoms with Gasteiger partial charge in [-0.1, -0.05) is 53.7 Å². The molecule has 2 aromatic rings. The van der Waals surface area contributed by atoms with Crippen LogP contribution in [0.5, 0.6) is 0 Å². The van der Waals surface area contributed by atoms with E-state index >= 15 is 0 Å². The number of hydrogen-bond acceptors (Lipinski definition) is 1. The molecule has 2 heterocycles. The zero-order valence-corrected chi connectivity index (χ0v) is 15.4. The molecule has 1 N–H and O–H groups in total.